The fourth-order valence-corrected chi connectivity index (χ4v) is 2.84. The summed E-state index contributed by atoms with van der Waals surface area (Å²) in [5.74, 6) is -0.568. The van der Waals surface area contributed by atoms with E-state index in [1.807, 2.05) is 24.3 Å². The third kappa shape index (κ3) is 5.24. The molecule has 2 rings (SSSR count). The van der Waals surface area contributed by atoms with Gasteiger partial charge in [-0.15, -0.1) is 0 Å². The smallest absolute Gasteiger partial charge is 0.325 e. The maximum atomic E-state index is 13.1. The summed E-state index contributed by atoms with van der Waals surface area (Å²) < 4.78 is 39.4. The largest absolute Gasteiger partial charge is 0.418 e. The summed E-state index contributed by atoms with van der Waals surface area (Å²) in [5, 5.41) is 2.33. The minimum Gasteiger partial charge on any atom is -0.325 e. The molecule has 0 bridgehead atoms. The average molecular weight is 384 g/mol. The molecule has 2 aromatic carbocycles. The quantitative estimate of drug-likeness (QED) is 0.645. The summed E-state index contributed by atoms with van der Waals surface area (Å²) in [4.78, 5) is 12.4. The number of alkyl halides is 3. The van der Waals surface area contributed by atoms with Crippen LogP contribution in [0, 0.1) is 5.92 Å². The normalized spacial score (nSPS) is 12.9. The summed E-state index contributed by atoms with van der Waals surface area (Å²) >= 11 is 5.66. The van der Waals surface area contributed by atoms with Crippen LogP contribution in [-0.4, -0.2) is 5.91 Å². The summed E-state index contributed by atoms with van der Waals surface area (Å²) in [6.07, 6.45) is -3.67. The van der Waals surface area contributed by atoms with Crippen LogP contribution in [0.25, 0.3) is 0 Å². The van der Waals surface area contributed by atoms with E-state index in [1.54, 1.807) is 6.92 Å². The minimum absolute atomic E-state index is 0.0379. The van der Waals surface area contributed by atoms with Gasteiger partial charge in [0.1, 0.15) is 0 Å². The van der Waals surface area contributed by atoms with Gasteiger partial charge < -0.3 is 5.32 Å². The van der Waals surface area contributed by atoms with Gasteiger partial charge in [0.25, 0.3) is 0 Å². The van der Waals surface area contributed by atoms with E-state index in [1.165, 1.54) is 12.1 Å². The second-order valence-electron chi connectivity index (χ2n) is 6.74. The number of carbonyl (C=O) groups excluding carboxylic acids is 1. The average Bonchev–Trinajstić information content (AvgIpc) is 2.55. The first-order valence-electron chi connectivity index (χ1n) is 8.34. The number of amides is 1. The molecule has 1 amide bonds. The molecule has 0 aliphatic rings. The Kier molecular flexibility index (Phi) is 6.34. The van der Waals surface area contributed by atoms with Gasteiger partial charge in [-0.2, -0.15) is 13.2 Å². The van der Waals surface area contributed by atoms with Crippen molar-refractivity contribution in [2.24, 2.45) is 5.92 Å². The molecule has 0 unspecified atom stereocenters. The monoisotopic (exact) mass is 383 g/mol. The van der Waals surface area contributed by atoms with E-state index < -0.39 is 23.6 Å². The maximum absolute atomic E-state index is 13.1. The van der Waals surface area contributed by atoms with E-state index in [0.29, 0.717) is 5.92 Å². The van der Waals surface area contributed by atoms with Gasteiger partial charge in [0, 0.05) is 5.02 Å². The van der Waals surface area contributed by atoms with E-state index in [-0.39, 0.29) is 10.7 Å². The van der Waals surface area contributed by atoms with E-state index in [2.05, 4.69) is 19.2 Å². The third-order valence-corrected chi connectivity index (χ3v) is 4.30. The Labute approximate surface area is 156 Å². The second-order valence-corrected chi connectivity index (χ2v) is 7.17. The Morgan fingerprint density at radius 2 is 1.69 bits per heavy atom. The number of hydrogen-bond acceptors (Lipinski definition) is 1. The molecule has 1 N–H and O–H groups in total. The van der Waals surface area contributed by atoms with Crippen LogP contribution < -0.4 is 5.32 Å². The standard InChI is InChI=1S/C20H21ClF3NO/c1-12(2)10-14-4-6-15(7-5-14)13(3)19(26)25-18-9-8-16(21)11-17(18)20(22,23)24/h4-9,11-13H,10H2,1-3H3,(H,25,26)/t13-/m1/s1. The zero-order chi connectivity index (χ0) is 19.5. The molecule has 6 heteroatoms. The Morgan fingerprint density at radius 1 is 1.08 bits per heavy atom. The van der Waals surface area contributed by atoms with Gasteiger partial charge >= 0.3 is 6.18 Å². The maximum Gasteiger partial charge on any atom is 0.418 e. The topological polar surface area (TPSA) is 29.1 Å². The molecular formula is C20H21ClF3NO. The first-order chi connectivity index (χ1) is 12.1. The number of nitrogens with one attached hydrogen (secondary N) is 1. The Balaban J connectivity index is 2.17. The first kappa shape index (κ1) is 20.3. The van der Waals surface area contributed by atoms with Gasteiger partial charge in [-0.3, -0.25) is 4.79 Å². The molecule has 0 heterocycles. The van der Waals surface area contributed by atoms with Crippen LogP contribution >= 0.6 is 11.6 Å². The number of carbonyl (C=O) groups is 1. The van der Waals surface area contributed by atoms with Crippen molar-refractivity contribution in [2.45, 2.75) is 39.3 Å². The highest BCUT2D eigenvalue weighted by Crippen LogP contribution is 2.37. The molecule has 140 valence electrons. The van der Waals surface area contributed by atoms with Crippen LogP contribution in [0.3, 0.4) is 0 Å². The molecule has 0 saturated carbocycles. The Hall–Kier alpha value is -2.01. The molecule has 0 fully saturated rings. The number of anilines is 1. The lowest BCUT2D eigenvalue weighted by Gasteiger charge is -2.17. The lowest BCUT2D eigenvalue weighted by Crippen LogP contribution is -2.21. The second kappa shape index (κ2) is 8.12. The Bertz CT molecular complexity index is 770. The van der Waals surface area contributed by atoms with Crippen molar-refractivity contribution < 1.29 is 18.0 Å². The fourth-order valence-electron chi connectivity index (χ4n) is 2.67. The predicted molar refractivity (Wildman–Crippen MR) is 98.5 cm³/mol. The molecule has 0 aliphatic carbocycles. The van der Waals surface area contributed by atoms with Crippen molar-refractivity contribution in [2.75, 3.05) is 5.32 Å². The van der Waals surface area contributed by atoms with Crippen LogP contribution in [0.1, 0.15) is 43.4 Å². The highest BCUT2D eigenvalue weighted by Gasteiger charge is 2.34. The molecule has 26 heavy (non-hydrogen) atoms. The molecule has 0 aliphatic heterocycles. The molecule has 0 saturated heterocycles. The zero-order valence-electron chi connectivity index (χ0n) is 14.8. The molecule has 0 spiro atoms. The van der Waals surface area contributed by atoms with Gasteiger partial charge in [0.2, 0.25) is 5.91 Å². The SMILES string of the molecule is CC(C)Cc1ccc([C@@H](C)C(=O)Nc2ccc(Cl)cc2C(F)(F)F)cc1. The van der Waals surface area contributed by atoms with Crippen molar-refractivity contribution in [3.8, 4) is 0 Å². The Morgan fingerprint density at radius 3 is 2.23 bits per heavy atom. The molecule has 2 nitrogen and oxygen atoms in total. The molecule has 2 aromatic rings. The van der Waals surface area contributed by atoms with Crippen molar-refractivity contribution in [1.82, 2.24) is 0 Å². The van der Waals surface area contributed by atoms with Gasteiger partial charge in [-0.05, 0) is 48.6 Å². The lowest BCUT2D eigenvalue weighted by molar-refractivity contribution is -0.137. The number of benzene rings is 2. The van der Waals surface area contributed by atoms with Crippen LogP contribution in [0.5, 0.6) is 0 Å². The van der Waals surface area contributed by atoms with Gasteiger partial charge in [0.15, 0.2) is 0 Å². The summed E-state index contributed by atoms with van der Waals surface area (Å²) in [7, 11) is 0. The first-order valence-corrected chi connectivity index (χ1v) is 8.72. The summed E-state index contributed by atoms with van der Waals surface area (Å²) in [6, 6.07) is 10.9. The minimum atomic E-state index is -4.60. The lowest BCUT2D eigenvalue weighted by atomic mass is 9.96. The number of hydrogen-bond donors (Lipinski definition) is 1. The van der Waals surface area contributed by atoms with Gasteiger partial charge in [0.05, 0.1) is 17.2 Å². The van der Waals surface area contributed by atoms with Crippen molar-refractivity contribution in [3.63, 3.8) is 0 Å². The van der Waals surface area contributed by atoms with Crippen molar-refractivity contribution >= 4 is 23.2 Å². The summed E-state index contributed by atoms with van der Waals surface area (Å²) in [5.41, 5.74) is 0.652. The van der Waals surface area contributed by atoms with Gasteiger partial charge in [-0.1, -0.05) is 49.7 Å². The predicted octanol–water partition coefficient (Wildman–Crippen LogP) is 6.30. The number of rotatable bonds is 5. The third-order valence-electron chi connectivity index (χ3n) is 4.06. The highest BCUT2D eigenvalue weighted by molar-refractivity contribution is 6.30. The molecule has 0 radical (unpaired) electrons. The van der Waals surface area contributed by atoms with Gasteiger partial charge in [-0.25, -0.2) is 0 Å². The van der Waals surface area contributed by atoms with E-state index >= 15 is 0 Å². The van der Waals surface area contributed by atoms with E-state index in [0.717, 1.165) is 23.6 Å². The van der Waals surface area contributed by atoms with Crippen molar-refractivity contribution in [3.05, 3.63) is 64.2 Å². The molecule has 1 atom stereocenters. The van der Waals surface area contributed by atoms with Crippen LogP contribution in [0.15, 0.2) is 42.5 Å². The van der Waals surface area contributed by atoms with Crippen LogP contribution in [-0.2, 0) is 17.4 Å². The summed E-state index contributed by atoms with van der Waals surface area (Å²) in [6.45, 7) is 5.90. The van der Waals surface area contributed by atoms with Crippen molar-refractivity contribution in [1.29, 1.82) is 0 Å². The highest BCUT2D eigenvalue weighted by atomic mass is 35.5. The molecular weight excluding hydrogens is 363 g/mol. The van der Waals surface area contributed by atoms with Crippen LogP contribution in [0.4, 0.5) is 18.9 Å². The zero-order valence-corrected chi connectivity index (χ0v) is 15.6. The molecule has 0 aromatic heterocycles. The van der Waals surface area contributed by atoms with Crippen LogP contribution in [0.2, 0.25) is 5.02 Å². The van der Waals surface area contributed by atoms with E-state index in [9.17, 15) is 18.0 Å². The fraction of sp³-hybridized carbons (Fsp3) is 0.350. The van der Waals surface area contributed by atoms with E-state index in [4.69, 9.17) is 11.6 Å². The number of halogens is 4.